The first kappa shape index (κ1) is 26.9. The number of nitrogens with one attached hydrogen (secondary N) is 1. The van der Waals surface area contributed by atoms with Gasteiger partial charge in [-0.25, -0.2) is 12.7 Å². The van der Waals surface area contributed by atoms with Gasteiger partial charge in [-0.2, -0.15) is 0 Å². The van der Waals surface area contributed by atoms with Crippen LogP contribution in [0.5, 0.6) is 0 Å². The van der Waals surface area contributed by atoms with E-state index in [1.165, 1.54) is 4.31 Å². The highest BCUT2D eigenvalue weighted by molar-refractivity contribution is 7.89. The Kier molecular flexibility index (Phi) is 8.29. The normalized spacial score (nSPS) is 24.5. The topological polar surface area (TPSA) is 95.9 Å². The molecule has 1 aromatic carbocycles. The van der Waals surface area contributed by atoms with Crippen LogP contribution in [0.25, 0.3) is 0 Å². The third kappa shape index (κ3) is 6.05. The fourth-order valence-corrected chi connectivity index (χ4v) is 7.37. The van der Waals surface area contributed by atoms with Crippen molar-refractivity contribution < 1.29 is 22.4 Å². The predicted molar refractivity (Wildman–Crippen MR) is 138 cm³/mol. The number of piperidine rings is 1. The van der Waals surface area contributed by atoms with E-state index in [0.29, 0.717) is 38.0 Å². The van der Waals surface area contributed by atoms with Crippen LogP contribution >= 0.6 is 0 Å². The highest BCUT2D eigenvalue weighted by Crippen LogP contribution is 2.36. The number of alkyl halides is 1. The van der Waals surface area contributed by atoms with Crippen LogP contribution in [-0.4, -0.2) is 61.3 Å². The number of rotatable bonds is 9. The van der Waals surface area contributed by atoms with Crippen LogP contribution in [0.1, 0.15) is 68.6 Å². The molecule has 0 aromatic heterocycles. The summed E-state index contributed by atoms with van der Waals surface area (Å²) >= 11 is 0. The second-order valence-electron chi connectivity index (χ2n) is 10.8. The number of halogens is 1. The summed E-state index contributed by atoms with van der Waals surface area (Å²) in [5.74, 6) is 1.38. The Morgan fingerprint density at radius 1 is 1.19 bits per heavy atom. The van der Waals surface area contributed by atoms with E-state index in [2.05, 4.69) is 5.32 Å². The van der Waals surface area contributed by atoms with E-state index in [9.17, 15) is 22.4 Å². The van der Waals surface area contributed by atoms with Crippen molar-refractivity contribution in [2.75, 3.05) is 25.5 Å². The van der Waals surface area contributed by atoms with E-state index in [4.69, 9.17) is 4.99 Å². The molecule has 0 bridgehead atoms. The molecule has 36 heavy (non-hydrogen) atoms. The lowest BCUT2D eigenvalue weighted by Gasteiger charge is -2.34. The first-order valence-corrected chi connectivity index (χ1v) is 14.8. The molecule has 1 aliphatic carbocycles. The van der Waals surface area contributed by atoms with Crippen LogP contribution in [0.15, 0.2) is 23.2 Å². The van der Waals surface area contributed by atoms with Gasteiger partial charge in [-0.05, 0) is 87.8 Å². The van der Waals surface area contributed by atoms with Crippen molar-refractivity contribution in [2.24, 2.45) is 16.8 Å². The van der Waals surface area contributed by atoms with Gasteiger partial charge in [-0.15, -0.1) is 0 Å². The second kappa shape index (κ2) is 11.1. The maximum absolute atomic E-state index is 13.1. The standard InChI is InChI=1S/C27H38FN3O4S/c1-19-17-22(18-20(2)32)5-6-23(19)10-16-36(34,35)31-14-11-27(12-15-31)26(33)29-25(30-27)24-7-3-21(4-8-24)9-13-28/h5-6,17,21,24H,3-4,7-16,18H2,1-2H3,(H,29,30,33). The Morgan fingerprint density at radius 2 is 1.89 bits per heavy atom. The number of amidine groups is 1. The molecule has 198 valence electrons. The molecule has 2 fully saturated rings. The van der Waals surface area contributed by atoms with Gasteiger partial charge in [0.25, 0.3) is 5.91 Å². The summed E-state index contributed by atoms with van der Waals surface area (Å²) in [5, 5.41) is 3.00. The Hall–Kier alpha value is -2.13. The van der Waals surface area contributed by atoms with Gasteiger partial charge in [-0.1, -0.05) is 18.2 Å². The van der Waals surface area contributed by atoms with Crippen molar-refractivity contribution in [2.45, 2.75) is 77.2 Å². The quantitative estimate of drug-likeness (QED) is 0.540. The zero-order chi connectivity index (χ0) is 25.9. The average Bonchev–Trinajstić information content (AvgIpc) is 3.14. The number of carbonyl (C=O) groups excluding carboxylic acids is 2. The fourth-order valence-electron chi connectivity index (χ4n) is 5.89. The molecule has 1 amide bonds. The smallest absolute Gasteiger partial charge is 0.253 e. The average molecular weight is 520 g/mol. The zero-order valence-electron chi connectivity index (χ0n) is 21.4. The van der Waals surface area contributed by atoms with Gasteiger partial charge in [0.1, 0.15) is 17.2 Å². The summed E-state index contributed by atoms with van der Waals surface area (Å²) in [5.41, 5.74) is 2.03. The van der Waals surface area contributed by atoms with Gasteiger partial charge < -0.3 is 5.32 Å². The first-order chi connectivity index (χ1) is 17.1. The second-order valence-corrected chi connectivity index (χ2v) is 12.9. The molecule has 2 heterocycles. The summed E-state index contributed by atoms with van der Waals surface area (Å²) in [4.78, 5) is 29.1. The van der Waals surface area contributed by atoms with Gasteiger partial charge in [0, 0.05) is 25.4 Å². The number of carbonyl (C=O) groups is 2. The van der Waals surface area contributed by atoms with Gasteiger partial charge in [-0.3, -0.25) is 19.0 Å². The van der Waals surface area contributed by atoms with Crippen molar-refractivity contribution in [1.29, 1.82) is 0 Å². The van der Waals surface area contributed by atoms with Gasteiger partial charge >= 0.3 is 0 Å². The summed E-state index contributed by atoms with van der Waals surface area (Å²) in [6.07, 6.45) is 5.92. The van der Waals surface area contributed by atoms with E-state index in [-0.39, 0.29) is 43.1 Å². The Morgan fingerprint density at radius 3 is 2.50 bits per heavy atom. The molecule has 1 saturated heterocycles. The Labute approximate surface area is 214 Å². The third-order valence-corrected chi connectivity index (χ3v) is 10.1. The van der Waals surface area contributed by atoms with E-state index in [0.717, 1.165) is 48.2 Å². The number of ketones is 1. The van der Waals surface area contributed by atoms with Crippen LogP contribution in [0, 0.1) is 18.8 Å². The Bertz CT molecular complexity index is 1120. The number of aryl methyl sites for hydroxylation is 2. The SMILES string of the molecule is CC(=O)Cc1ccc(CCS(=O)(=O)N2CCC3(CC2)N=C(C2CCC(CCF)CC2)NC3=O)c(C)c1. The molecule has 0 atom stereocenters. The third-order valence-electron chi connectivity index (χ3n) is 8.18. The minimum absolute atomic E-state index is 0.00965. The summed E-state index contributed by atoms with van der Waals surface area (Å²) in [7, 11) is -3.47. The molecule has 0 unspecified atom stereocenters. The van der Waals surface area contributed by atoms with Gasteiger partial charge in [0.2, 0.25) is 10.0 Å². The molecule has 4 rings (SSSR count). The number of benzene rings is 1. The van der Waals surface area contributed by atoms with Gasteiger partial charge in [0.05, 0.1) is 12.4 Å². The molecular formula is C27H38FN3O4S. The van der Waals surface area contributed by atoms with Crippen molar-refractivity contribution >= 4 is 27.5 Å². The first-order valence-electron chi connectivity index (χ1n) is 13.1. The maximum Gasteiger partial charge on any atom is 0.253 e. The zero-order valence-corrected chi connectivity index (χ0v) is 22.2. The molecule has 1 spiro atoms. The van der Waals surface area contributed by atoms with E-state index in [1.54, 1.807) is 6.92 Å². The minimum atomic E-state index is -3.47. The van der Waals surface area contributed by atoms with E-state index >= 15 is 0 Å². The minimum Gasteiger partial charge on any atom is -0.312 e. The number of nitrogens with zero attached hydrogens (tertiary/aromatic N) is 2. The number of sulfonamides is 1. The van der Waals surface area contributed by atoms with E-state index in [1.807, 2.05) is 25.1 Å². The summed E-state index contributed by atoms with van der Waals surface area (Å²) < 4.78 is 40.3. The number of hydrogen-bond acceptors (Lipinski definition) is 5. The van der Waals surface area contributed by atoms with Crippen LogP contribution in [0.4, 0.5) is 4.39 Å². The lowest BCUT2D eigenvalue weighted by molar-refractivity contribution is -0.125. The number of aliphatic imine (C=N–C) groups is 1. The van der Waals surface area contributed by atoms with Crippen LogP contribution < -0.4 is 5.32 Å². The number of hydrogen-bond donors (Lipinski definition) is 1. The molecule has 1 saturated carbocycles. The van der Waals surface area contributed by atoms with Crippen molar-refractivity contribution in [3.63, 3.8) is 0 Å². The molecule has 1 aromatic rings. The van der Waals surface area contributed by atoms with Crippen molar-refractivity contribution in [1.82, 2.24) is 9.62 Å². The van der Waals surface area contributed by atoms with Crippen LogP contribution in [0.3, 0.4) is 0 Å². The monoisotopic (exact) mass is 519 g/mol. The molecule has 0 radical (unpaired) electrons. The molecule has 2 aliphatic heterocycles. The summed E-state index contributed by atoms with van der Waals surface area (Å²) in [6, 6.07) is 5.76. The lowest BCUT2D eigenvalue weighted by atomic mass is 9.80. The molecule has 9 heteroatoms. The fraction of sp³-hybridized carbons (Fsp3) is 0.667. The highest BCUT2D eigenvalue weighted by atomic mass is 32.2. The van der Waals surface area contributed by atoms with E-state index < -0.39 is 15.6 Å². The number of Topliss-reactive ketones (excluding diaryl/α,β-unsaturated/α-hetero) is 1. The van der Waals surface area contributed by atoms with Crippen molar-refractivity contribution in [3.8, 4) is 0 Å². The largest absolute Gasteiger partial charge is 0.312 e. The molecule has 3 aliphatic rings. The predicted octanol–water partition coefficient (Wildman–Crippen LogP) is 3.53. The van der Waals surface area contributed by atoms with Crippen molar-refractivity contribution in [3.05, 3.63) is 34.9 Å². The Balaban J connectivity index is 1.33. The maximum atomic E-state index is 13.1. The highest BCUT2D eigenvalue weighted by Gasteiger charge is 2.48. The lowest BCUT2D eigenvalue weighted by Crippen LogP contribution is -2.51. The number of amides is 1. The van der Waals surface area contributed by atoms with Crippen LogP contribution in [0.2, 0.25) is 0 Å². The van der Waals surface area contributed by atoms with Crippen LogP contribution in [-0.2, 0) is 32.5 Å². The molecule has 7 nitrogen and oxygen atoms in total. The molecular weight excluding hydrogens is 481 g/mol. The molecule has 1 N–H and O–H groups in total. The van der Waals surface area contributed by atoms with Gasteiger partial charge in [0.15, 0.2) is 0 Å². The summed E-state index contributed by atoms with van der Waals surface area (Å²) in [6.45, 7) is 3.79.